The van der Waals surface area contributed by atoms with Crippen molar-refractivity contribution < 1.29 is 19.8 Å². The largest absolute Gasteiger partial charge is 0.507 e. The maximum Gasteiger partial charge on any atom is 0.323 e. The van der Waals surface area contributed by atoms with Gasteiger partial charge in [0.1, 0.15) is 12.3 Å². The predicted octanol–water partition coefficient (Wildman–Crippen LogP) is 2.18. The molecule has 6 heteroatoms. The van der Waals surface area contributed by atoms with Gasteiger partial charge in [0, 0.05) is 10.1 Å². The van der Waals surface area contributed by atoms with Crippen molar-refractivity contribution in [3.8, 4) is 5.75 Å². The van der Waals surface area contributed by atoms with Crippen LogP contribution in [0.1, 0.15) is 24.2 Å². The average molecular weight is 377 g/mol. The summed E-state index contributed by atoms with van der Waals surface area (Å²) in [5.41, 5.74) is 0.133. The van der Waals surface area contributed by atoms with Gasteiger partial charge in [0.25, 0.3) is 5.91 Å². The second-order valence-corrected chi connectivity index (χ2v) is 5.88. The molecule has 104 valence electrons. The van der Waals surface area contributed by atoms with Gasteiger partial charge in [-0.25, -0.2) is 0 Å². The number of amides is 1. The minimum Gasteiger partial charge on any atom is -0.507 e. The van der Waals surface area contributed by atoms with Crippen molar-refractivity contribution in [2.75, 3.05) is 13.1 Å². The van der Waals surface area contributed by atoms with Crippen LogP contribution in [0.3, 0.4) is 0 Å². The molecular weight excluding hydrogens is 361 g/mol. The second-order valence-electron chi connectivity index (χ2n) is 4.63. The van der Waals surface area contributed by atoms with Gasteiger partial charge < -0.3 is 15.1 Å². The quantitative estimate of drug-likeness (QED) is 0.772. The summed E-state index contributed by atoms with van der Waals surface area (Å²) in [5.74, 6) is -1.52. The van der Waals surface area contributed by atoms with Gasteiger partial charge >= 0.3 is 5.97 Å². The minimum absolute atomic E-state index is 0.133. The zero-order valence-electron chi connectivity index (χ0n) is 10.8. The van der Waals surface area contributed by atoms with Crippen LogP contribution in [0.25, 0.3) is 0 Å². The minimum atomic E-state index is -1.07. The molecule has 5 nitrogen and oxygen atoms in total. The van der Waals surface area contributed by atoms with Gasteiger partial charge in [0.05, 0.1) is 5.56 Å². The number of carboxylic acids is 1. The van der Waals surface area contributed by atoms with E-state index in [1.807, 2.05) is 36.4 Å². The van der Waals surface area contributed by atoms with Crippen molar-refractivity contribution >= 4 is 34.5 Å². The number of benzene rings is 1. The van der Waals surface area contributed by atoms with E-state index in [1.54, 1.807) is 12.1 Å². The molecule has 0 spiro atoms. The van der Waals surface area contributed by atoms with Crippen LogP contribution in [0.5, 0.6) is 5.75 Å². The second kappa shape index (κ2) is 6.74. The number of hydrogen-bond acceptors (Lipinski definition) is 3. The Kier molecular flexibility index (Phi) is 5.59. The third-order valence-corrected chi connectivity index (χ3v) is 3.06. The summed E-state index contributed by atoms with van der Waals surface area (Å²) < 4.78 is 0.804. The molecule has 0 radical (unpaired) electrons. The molecule has 0 unspecified atom stereocenters. The highest BCUT2D eigenvalue weighted by molar-refractivity contribution is 14.1. The summed E-state index contributed by atoms with van der Waals surface area (Å²) >= 11 is 2.03. The summed E-state index contributed by atoms with van der Waals surface area (Å²) in [7, 11) is 0. The highest BCUT2D eigenvalue weighted by atomic mass is 127. The number of carboxylic acid groups (broad SMARTS) is 1. The number of carbonyl (C=O) groups excluding carboxylic acids is 1. The van der Waals surface area contributed by atoms with Crippen LogP contribution < -0.4 is 0 Å². The molecule has 0 heterocycles. The Labute approximate surface area is 125 Å². The number of hydrogen-bond donors (Lipinski definition) is 2. The number of phenols is 1. The van der Waals surface area contributed by atoms with Gasteiger partial charge in [-0.15, -0.1) is 0 Å². The normalized spacial score (nSPS) is 10.5. The Morgan fingerprint density at radius 3 is 2.53 bits per heavy atom. The molecule has 0 saturated heterocycles. The molecule has 0 aromatic heterocycles. The lowest BCUT2D eigenvalue weighted by atomic mass is 10.1. The first kappa shape index (κ1) is 15.7. The fourth-order valence-electron chi connectivity index (χ4n) is 1.67. The zero-order valence-corrected chi connectivity index (χ0v) is 12.9. The number of halogens is 1. The molecule has 1 amide bonds. The Hall–Kier alpha value is -1.31. The predicted molar refractivity (Wildman–Crippen MR) is 79.2 cm³/mol. The van der Waals surface area contributed by atoms with Crippen LogP contribution >= 0.6 is 22.6 Å². The first-order chi connectivity index (χ1) is 8.81. The molecule has 0 saturated carbocycles. The molecule has 0 bridgehead atoms. The topological polar surface area (TPSA) is 77.8 Å². The van der Waals surface area contributed by atoms with E-state index in [2.05, 4.69) is 0 Å². The maximum absolute atomic E-state index is 12.3. The average Bonchev–Trinajstić information content (AvgIpc) is 2.29. The highest BCUT2D eigenvalue weighted by Crippen LogP contribution is 2.21. The lowest BCUT2D eigenvalue weighted by Gasteiger charge is -2.23. The van der Waals surface area contributed by atoms with Gasteiger partial charge in [0.15, 0.2) is 0 Å². The number of nitrogens with zero attached hydrogens (tertiary/aromatic N) is 1. The third kappa shape index (κ3) is 4.70. The third-order valence-electron chi connectivity index (χ3n) is 2.39. The van der Waals surface area contributed by atoms with Crippen LogP contribution in [0.15, 0.2) is 18.2 Å². The fourth-order valence-corrected chi connectivity index (χ4v) is 2.16. The monoisotopic (exact) mass is 377 g/mol. The van der Waals surface area contributed by atoms with Crippen LogP contribution in [-0.2, 0) is 4.79 Å². The Morgan fingerprint density at radius 1 is 1.37 bits per heavy atom. The van der Waals surface area contributed by atoms with Crippen molar-refractivity contribution in [3.05, 3.63) is 27.3 Å². The van der Waals surface area contributed by atoms with E-state index >= 15 is 0 Å². The molecule has 0 atom stereocenters. The van der Waals surface area contributed by atoms with E-state index < -0.39 is 11.9 Å². The molecule has 0 aliphatic carbocycles. The number of aromatic hydroxyl groups is 1. The molecular formula is C13H16INO4. The van der Waals surface area contributed by atoms with Gasteiger partial charge in [-0.3, -0.25) is 9.59 Å². The Bertz CT molecular complexity index is 488. The summed E-state index contributed by atoms with van der Waals surface area (Å²) in [6, 6.07) is 4.66. The molecule has 0 aliphatic heterocycles. The van der Waals surface area contributed by atoms with Crippen LogP contribution in [-0.4, -0.2) is 40.1 Å². The summed E-state index contributed by atoms with van der Waals surface area (Å²) in [5, 5.41) is 18.6. The molecule has 0 aliphatic rings. The van der Waals surface area contributed by atoms with Crippen molar-refractivity contribution in [1.29, 1.82) is 0 Å². The standard InChI is InChI=1S/C13H16INO4/c1-8(2)6-15(7-12(17)18)13(19)10-5-9(14)3-4-11(10)16/h3-5,8,16H,6-7H2,1-2H3,(H,17,18). The highest BCUT2D eigenvalue weighted by Gasteiger charge is 2.22. The molecule has 1 aromatic rings. The van der Waals surface area contributed by atoms with Crippen LogP contribution in [0, 0.1) is 9.49 Å². The Morgan fingerprint density at radius 2 is 2.00 bits per heavy atom. The van der Waals surface area contributed by atoms with Crippen LogP contribution in [0.2, 0.25) is 0 Å². The van der Waals surface area contributed by atoms with E-state index in [0.29, 0.717) is 6.54 Å². The van der Waals surface area contributed by atoms with Gasteiger partial charge in [-0.05, 0) is 46.7 Å². The molecule has 1 rings (SSSR count). The lowest BCUT2D eigenvalue weighted by molar-refractivity contribution is -0.137. The van der Waals surface area contributed by atoms with Gasteiger partial charge in [-0.2, -0.15) is 0 Å². The summed E-state index contributed by atoms with van der Waals surface area (Å²) in [4.78, 5) is 24.3. The molecule has 2 N–H and O–H groups in total. The number of phenolic OH excluding ortho intramolecular Hbond substituents is 1. The van der Waals surface area contributed by atoms with Gasteiger partial charge in [-0.1, -0.05) is 13.8 Å². The molecule has 0 fully saturated rings. The Balaban J connectivity index is 3.03. The smallest absolute Gasteiger partial charge is 0.323 e. The van der Waals surface area contributed by atoms with E-state index in [0.717, 1.165) is 3.57 Å². The first-order valence-electron chi connectivity index (χ1n) is 5.81. The van der Waals surface area contributed by atoms with Crippen LogP contribution in [0.4, 0.5) is 0 Å². The van der Waals surface area contributed by atoms with Gasteiger partial charge in [0.2, 0.25) is 0 Å². The molecule has 1 aromatic carbocycles. The summed E-state index contributed by atoms with van der Waals surface area (Å²) in [6.45, 7) is 3.76. The van der Waals surface area contributed by atoms with Crippen molar-refractivity contribution in [2.24, 2.45) is 5.92 Å². The SMILES string of the molecule is CC(C)CN(CC(=O)O)C(=O)c1cc(I)ccc1O. The van der Waals surface area contributed by atoms with E-state index in [9.17, 15) is 14.7 Å². The zero-order chi connectivity index (χ0) is 14.6. The number of rotatable bonds is 5. The van der Waals surface area contributed by atoms with E-state index in [1.165, 1.54) is 11.0 Å². The summed E-state index contributed by atoms with van der Waals surface area (Å²) in [6.07, 6.45) is 0. The number of aliphatic carboxylic acids is 1. The first-order valence-corrected chi connectivity index (χ1v) is 6.88. The lowest BCUT2D eigenvalue weighted by Crippen LogP contribution is -2.38. The number of carbonyl (C=O) groups is 2. The van der Waals surface area contributed by atoms with Crippen molar-refractivity contribution in [1.82, 2.24) is 4.90 Å². The fraction of sp³-hybridized carbons (Fsp3) is 0.385. The van der Waals surface area contributed by atoms with E-state index in [4.69, 9.17) is 5.11 Å². The van der Waals surface area contributed by atoms with Crippen molar-refractivity contribution in [2.45, 2.75) is 13.8 Å². The molecule has 19 heavy (non-hydrogen) atoms. The van der Waals surface area contributed by atoms with Crippen molar-refractivity contribution in [3.63, 3.8) is 0 Å². The maximum atomic E-state index is 12.3. The van der Waals surface area contributed by atoms with E-state index in [-0.39, 0.29) is 23.8 Å².